The quantitative estimate of drug-likeness (QED) is 0.773. The second-order valence-corrected chi connectivity index (χ2v) is 6.21. The Kier molecular flexibility index (Phi) is 5.75. The van der Waals surface area contributed by atoms with Crippen molar-refractivity contribution in [3.63, 3.8) is 0 Å². The molecule has 2 aliphatic heterocycles. The Morgan fingerprint density at radius 1 is 1.12 bits per heavy atom. The predicted octanol–water partition coefficient (Wildman–Crippen LogP) is 3.34. The molecule has 2 fully saturated rings. The van der Waals surface area contributed by atoms with Crippen LogP contribution in [0.5, 0.6) is 0 Å². The highest BCUT2D eigenvalue weighted by Gasteiger charge is 2.37. The van der Waals surface area contributed by atoms with E-state index < -0.39 is 29.0 Å². The Labute approximate surface area is 143 Å². The first kappa shape index (κ1) is 19.0. The number of benzene rings is 1. The van der Waals surface area contributed by atoms with Crippen molar-refractivity contribution >= 4 is 18.3 Å². The minimum absolute atomic E-state index is 0. The van der Waals surface area contributed by atoms with E-state index in [-0.39, 0.29) is 12.4 Å². The van der Waals surface area contributed by atoms with E-state index in [9.17, 15) is 22.4 Å². The third kappa shape index (κ3) is 3.67. The van der Waals surface area contributed by atoms with Gasteiger partial charge in [-0.25, -0.2) is 4.39 Å². The number of rotatable bonds is 1. The molecule has 1 N–H and O–H groups in total. The summed E-state index contributed by atoms with van der Waals surface area (Å²) in [5.41, 5.74) is -1.88. The minimum atomic E-state index is -4.80. The molecule has 2 heterocycles. The number of nitrogens with one attached hydrogen (secondary N) is 1. The highest BCUT2D eigenvalue weighted by molar-refractivity contribution is 5.94. The van der Waals surface area contributed by atoms with Crippen LogP contribution in [0.2, 0.25) is 0 Å². The van der Waals surface area contributed by atoms with Crippen LogP contribution < -0.4 is 5.32 Å². The first-order chi connectivity index (χ1) is 10.9. The van der Waals surface area contributed by atoms with Gasteiger partial charge in [0.15, 0.2) is 0 Å². The van der Waals surface area contributed by atoms with Crippen LogP contribution in [0, 0.1) is 17.7 Å². The lowest BCUT2D eigenvalue weighted by Crippen LogP contribution is -2.33. The maximum absolute atomic E-state index is 14.1. The summed E-state index contributed by atoms with van der Waals surface area (Å²) in [6, 6.07) is 2.86. The summed E-state index contributed by atoms with van der Waals surface area (Å²) in [4.78, 5) is 14.0. The summed E-state index contributed by atoms with van der Waals surface area (Å²) in [6.45, 7) is 2.73. The van der Waals surface area contributed by atoms with Crippen molar-refractivity contribution < 1.29 is 22.4 Å². The molecule has 1 amide bonds. The third-order valence-electron chi connectivity index (χ3n) is 4.84. The van der Waals surface area contributed by atoms with Gasteiger partial charge in [-0.2, -0.15) is 13.2 Å². The molecule has 2 aliphatic rings. The lowest BCUT2D eigenvalue weighted by molar-refractivity contribution is -0.140. The molecule has 0 aliphatic carbocycles. The van der Waals surface area contributed by atoms with Gasteiger partial charge in [0, 0.05) is 13.1 Å². The van der Waals surface area contributed by atoms with Crippen LogP contribution in [0.4, 0.5) is 17.6 Å². The first-order valence-electron chi connectivity index (χ1n) is 7.73. The molecule has 1 aromatic rings. The molecular weight excluding hydrogens is 348 g/mol. The molecule has 0 radical (unpaired) electrons. The van der Waals surface area contributed by atoms with Gasteiger partial charge in [0.05, 0.1) is 11.1 Å². The Balaban J connectivity index is 0.00000208. The highest BCUT2D eigenvalue weighted by Crippen LogP contribution is 2.33. The average molecular weight is 367 g/mol. The van der Waals surface area contributed by atoms with E-state index in [1.54, 1.807) is 0 Å². The minimum Gasteiger partial charge on any atom is -0.339 e. The monoisotopic (exact) mass is 366 g/mol. The fraction of sp³-hybridized carbons (Fsp3) is 0.562. The van der Waals surface area contributed by atoms with Gasteiger partial charge in [0.25, 0.3) is 5.91 Å². The molecule has 3 rings (SSSR count). The van der Waals surface area contributed by atoms with E-state index in [0.717, 1.165) is 38.1 Å². The van der Waals surface area contributed by atoms with E-state index in [0.29, 0.717) is 31.0 Å². The second-order valence-electron chi connectivity index (χ2n) is 6.21. The van der Waals surface area contributed by atoms with Crippen molar-refractivity contribution in [3.05, 3.63) is 35.1 Å². The maximum atomic E-state index is 14.1. The number of fused-ring (bicyclic) bond motifs is 1. The third-order valence-corrected chi connectivity index (χ3v) is 4.84. The summed E-state index contributed by atoms with van der Waals surface area (Å²) >= 11 is 0. The van der Waals surface area contributed by atoms with Gasteiger partial charge in [-0.05, 0) is 49.9 Å². The van der Waals surface area contributed by atoms with Crippen LogP contribution in [0.3, 0.4) is 0 Å². The number of nitrogens with zero attached hydrogens (tertiary/aromatic N) is 1. The summed E-state index contributed by atoms with van der Waals surface area (Å²) in [6.07, 6.45) is -3.21. The number of hydrogen-bond donors (Lipinski definition) is 1. The summed E-state index contributed by atoms with van der Waals surface area (Å²) in [5.74, 6) is -1.16. The molecule has 2 atom stereocenters. The molecule has 8 heteroatoms. The SMILES string of the molecule is Cl.O=C(c1cccc(C(F)(F)F)c1F)N1CC[C@@H]2CNC[C@@H]2CC1. The highest BCUT2D eigenvalue weighted by atomic mass is 35.5. The Hall–Kier alpha value is -1.34. The number of carbonyl (C=O) groups excluding carboxylic acids is 1. The molecule has 1 aromatic carbocycles. The van der Waals surface area contributed by atoms with Gasteiger partial charge in [-0.3, -0.25) is 4.79 Å². The van der Waals surface area contributed by atoms with Crippen LogP contribution in [0.15, 0.2) is 18.2 Å². The van der Waals surface area contributed by atoms with Gasteiger partial charge in [0.2, 0.25) is 0 Å². The molecule has 0 bridgehead atoms. The smallest absolute Gasteiger partial charge is 0.339 e. The van der Waals surface area contributed by atoms with Gasteiger partial charge < -0.3 is 10.2 Å². The molecule has 0 aromatic heterocycles. The van der Waals surface area contributed by atoms with Crippen LogP contribution >= 0.6 is 12.4 Å². The van der Waals surface area contributed by atoms with Crippen LogP contribution in [0.25, 0.3) is 0 Å². The number of likely N-dealkylation sites (tertiary alicyclic amines) is 1. The fourth-order valence-corrected chi connectivity index (χ4v) is 3.51. The van der Waals surface area contributed by atoms with Crippen molar-refractivity contribution in [1.29, 1.82) is 0 Å². The van der Waals surface area contributed by atoms with Gasteiger partial charge in [0.1, 0.15) is 5.82 Å². The average Bonchev–Trinajstić information content (AvgIpc) is 2.84. The molecule has 2 saturated heterocycles. The van der Waals surface area contributed by atoms with E-state index in [4.69, 9.17) is 0 Å². The van der Waals surface area contributed by atoms with Gasteiger partial charge in [-0.15, -0.1) is 12.4 Å². The van der Waals surface area contributed by atoms with E-state index in [1.165, 1.54) is 4.90 Å². The number of hydrogen-bond acceptors (Lipinski definition) is 2. The van der Waals surface area contributed by atoms with Crippen LogP contribution in [0.1, 0.15) is 28.8 Å². The zero-order valence-corrected chi connectivity index (χ0v) is 13.7. The Morgan fingerprint density at radius 2 is 1.71 bits per heavy atom. The molecule has 0 unspecified atom stereocenters. The van der Waals surface area contributed by atoms with Crippen molar-refractivity contribution in [2.24, 2.45) is 11.8 Å². The number of amides is 1. The molecule has 24 heavy (non-hydrogen) atoms. The molecule has 134 valence electrons. The molecule has 0 spiro atoms. The Bertz CT molecular complexity index is 594. The molecule has 0 saturated carbocycles. The number of carbonyl (C=O) groups is 1. The zero-order valence-electron chi connectivity index (χ0n) is 12.9. The lowest BCUT2D eigenvalue weighted by Gasteiger charge is -2.22. The summed E-state index contributed by atoms with van der Waals surface area (Å²) in [5, 5.41) is 3.31. The normalized spacial score (nSPS) is 24.1. The first-order valence-corrected chi connectivity index (χ1v) is 7.73. The predicted molar refractivity (Wildman–Crippen MR) is 83.6 cm³/mol. The van der Waals surface area contributed by atoms with Crippen molar-refractivity contribution in [2.75, 3.05) is 26.2 Å². The fourth-order valence-electron chi connectivity index (χ4n) is 3.51. The van der Waals surface area contributed by atoms with Crippen molar-refractivity contribution in [1.82, 2.24) is 10.2 Å². The van der Waals surface area contributed by atoms with Crippen LogP contribution in [-0.2, 0) is 6.18 Å². The summed E-state index contributed by atoms with van der Waals surface area (Å²) < 4.78 is 52.5. The number of halogens is 5. The van der Waals surface area contributed by atoms with E-state index in [1.807, 2.05) is 0 Å². The van der Waals surface area contributed by atoms with Crippen molar-refractivity contribution in [3.8, 4) is 0 Å². The summed E-state index contributed by atoms with van der Waals surface area (Å²) in [7, 11) is 0. The number of alkyl halides is 3. The van der Waals surface area contributed by atoms with E-state index >= 15 is 0 Å². The molecular formula is C16H19ClF4N2O. The van der Waals surface area contributed by atoms with Crippen molar-refractivity contribution in [2.45, 2.75) is 19.0 Å². The maximum Gasteiger partial charge on any atom is 0.419 e. The second kappa shape index (κ2) is 7.27. The van der Waals surface area contributed by atoms with E-state index in [2.05, 4.69) is 5.32 Å². The van der Waals surface area contributed by atoms with Gasteiger partial charge in [-0.1, -0.05) is 6.07 Å². The standard InChI is InChI=1S/C16H18F4N2O.ClH/c17-14-12(2-1-3-13(14)16(18,19)20)15(23)22-6-4-10-8-21-9-11(10)5-7-22;/h1-3,10-11,21H,4-9H2;1H/t10-,11+;. The lowest BCUT2D eigenvalue weighted by atomic mass is 9.92. The topological polar surface area (TPSA) is 32.3 Å². The zero-order chi connectivity index (χ0) is 16.6. The largest absolute Gasteiger partial charge is 0.419 e. The Morgan fingerprint density at radius 3 is 2.25 bits per heavy atom. The van der Waals surface area contributed by atoms with Crippen LogP contribution in [-0.4, -0.2) is 37.0 Å². The van der Waals surface area contributed by atoms with Gasteiger partial charge >= 0.3 is 6.18 Å². The molecule has 3 nitrogen and oxygen atoms in total.